The first-order valence-corrected chi connectivity index (χ1v) is 9.34. The molecule has 0 aliphatic carbocycles. The first kappa shape index (κ1) is 17.3. The van der Waals surface area contributed by atoms with Gasteiger partial charge in [0.05, 0.1) is 12.1 Å². The molecule has 3 aliphatic rings. The minimum atomic E-state index is -0.684. The van der Waals surface area contributed by atoms with E-state index in [9.17, 15) is 9.59 Å². The number of carbonyl (C=O) groups is 2. The lowest BCUT2D eigenvalue weighted by Gasteiger charge is -2.44. The standard InChI is InChI=1S/C19H26N4O3/c1-21-10-12-22(13-11-21)14-17(24)23-8-6-19(7-9-23)20-18(25)15-4-2-3-5-16(15)26-19/h2-5H,6-14H2,1H3,(H,20,25). The van der Waals surface area contributed by atoms with Gasteiger partial charge in [0, 0.05) is 52.1 Å². The van der Waals surface area contributed by atoms with E-state index in [1.165, 1.54) is 0 Å². The second kappa shape index (κ2) is 6.89. The van der Waals surface area contributed by atoms with Gasteiger partial charge in [0.15, 0.2) is 5.72 Å². The van der Waals surface area contributed by atoms with E-state index in [0.29, 0.717) is 43.8 Å². The summed E-state index contributed by atoms with van der Waals surface area (Å²) in [6, 6.07) is 7.31. The molecule has 2 saturated heterocycles. The molecule has 0 unspecified atom stereocenters. The molecule has 1 N–H and O–H groups in total. The van der Waals surface area contributed by atoms with Gasteiger partial charge >= 0.3 is 0 Å². The van der Waals surface area contributed by atoms with Gasteiger partial charge in [-0.05, 0) is 19.2 Å². The zero-order valence-corrected chi connectivity index (χ0v) is 15.2. The Bertz CT molecular complexity index is 692. The van der Waals surface area contributed by atoms with Crippen molar-refractivity contribution in [3.63, 3.8) is 0 Å². The van der Waals surface area contributed by atoms with E-state index in [4.69, 9.17) is 4.74 Å². The van der Waals surface area contributed by atoms with Crippen molar-refractivity contribution in [3.8, 4) is 5.75 Å². The quantitative estimate of drug-likeness (QED) is 0.828. The first-order valence-electron chi connectivity index (χ1n) is 9.34. The van der Waals surface area contributed by atoms with Gasteiger partial charge in [0.25, 0.3) is 5.91 Å². The Morgan fingerprint density at radius 1 is 1.12 bits per heavy atom. The van der Waals surface area contributed by atoms with Crippen LogP contribution in [-0.2, 0) is 4.79 Å². The number of piperazine rings is 1. The van der Waals surface area contributed by atoms with Crippen LogP contribution in [0, 0.1) is 0 Å². The maximum absolute atomic E-state index is 12.6. The predicted octanol–water partition coefficient (Wildman–Crippen LogP) is 0.375. The van der Waals surface area contributed by atoms with Crippen molar-refractivity contribution < 1.29 is 14.3 Å². The van der Waals surface area contributed by atoms with E-state index in [0.717, 1.165) is 26.2 Å². The van der Waals surface area contributed by atoms with Crippen molar-refractivity contribution >= 4 is 11.8 Å². The van der Waals surface area contributed by atoms with Crippen molar-refractivity contribution in [2.75, 3.05) is 52.9 Å². The van der Waals surface area contributed by atoms with Crippen molar-refractivity contribution in [1.29, 1.82) is 0 Å². The molecule has 3 aliphatic heterocycles. The van der Waals surface area contributed by atoms with Crippen LogP contribution in [0.4, 0.5) is 0 Å². The molecule has 0 bridgehead atoms. The van der Waals surface area contributed by atoms with Gasteiger partial charge in [0.2, 0.25) is 5.91 Å². The van der Waals surface area contributed by atoms with Crippen molar-refractivity contribution in [2.45, 2.75) is 18.6 Å². The van der Waals surface area contributed by atoms with Crippen LogP contribution in [0.15, 0.2) is 24.3 Å². The molecule has 0 radical (unpaired) electrons. The summed E-state index contributed by atoms with van der Waals surface area (Å²) in [5.41, 5.74) is -0.109. The fraction of sp³-hybridized carbons (Fsp3) is 0.579. The third kappa shape index (κ3) is 3.41. The van der Waals surface area contributed by atoms with E-state index >= 15 is 0 Å². The number of fused-ring (bicyclic) bond motifs is 1. The summed E-state index contributed by atoms with van der Waals surface area (Å²) in [7, 11) is 2.11. The van der Waals surface area contributed by atoms with Gasteiger partial charge in [-0.1, -0.05) is 12.1 Å². The number of rotatable bonds is 2. The number of likely N-dealkylation sites (N-methyl/N-ethyl adjacent to an activating group) is 1. The fourth-order valence-corrected chi connectivity index (χ4v) is 3.90. The molecule has 0 saturated carbocycles. The van der Waals surface area contributed by atoms with Crippen LogP contribution in [0.5, 0.6) is 5.75 Å². The molecule has 1 aromatic carbocycles. The fourth-order valence-electron chi connectivity index (χ4n) is 3.90. The average molecular weight is 358 g/mol. The number of piperidine rings is 1. The number of hydrogen-bond donors (Lipinski definition) is 1. The second-order valence-electron chi connectivity index (χ2n) is 7.51. The SMILES string of the molecule is CN1CCN(CC(=O)N2CCC3(CC2)NC(=O)c2ccccc2O3)CC1. The van der Waals surface area contributed by atoms with Crippen LogP contribution >= 0.6 is 0 Å². The van der Waals surface area contributed by atoms with E-state index in [1.807, 2.05) is 23.1 Å². The summed E-state index contributed by atoms with van der Waals surface area (Å²) in [4.78, 5) is 31.4. The lowest BCUT2D eigenvalue weighted by Crippen LogP contribution is -2.62. The summed E-state index contributed by atoms with van der Waals surface area (Å²) < 4.78 is 6.13. The summed E-state index contributed by atoms with van der Waals surface area (Å²) in [6.07, 6.45) is 1.23. The molecular formula is C19H26N4O3. The minimum Gasteiger partial charge on any atom is -0.467 e. The van der Waals surface area contributed by atoms with Crippen LogP contribution in [0.2, 0.25) is 0 Å². The van der Waals surface area contributed by atoms with Gasteiger partial charge in [-0.15, -0.1) is 0 Å². The van der Waals surface area contributed by atoms with E-state index in [-0.39, 0.29) is 11.8 Å². The topological polar surface area (TPSA) is 65.1 Å². The highest BCUT2D eigenvalue weighted by molar-refractivity contribution is 5.98. The number of para-hydroxylation sites is 1. The van der Waals surface area contributed by atoms with Crippen LogP contribution in [-0.4, -0.2) is 85.1 Å². The lowest BCUT2D eigenvalue weighted by molar-refractivity contribution is -0.137. The number of amides is 2. The number of carbonyl (C=O) groups excluding carboxylic acids is 2. The normalized spacial score (nSPS) is 23.3. The predicted molar refractivity (Wildman–Crippen MR) is 97.0 cm³/mol. The van der Waals surface area contributed by atoms with E-state index in [1.54, 1.807) is 6.07 Å². The zero-order valence-electron chi connectivity index (χ0n) is 15.2. The number of likely N-dealkylation sites (tertiary alicyclic amines) is 1. The molecule has 2 fully saturated rings. The molecular weight excluding hydrogens is 332 g/mol. The van der Waals surface area contributed by atoms with Gasteiger partial charge in [-0.3, -0.25) is 14.5 Å². The van der Waals surface area contributed by atoms with Crippen LogP contribution in [0.3, 0.4) is 0 Å². The van der Waals surface area contributed by atoms with Gasteiger partial charge in [0.1, 0.15) is 5.75 Å². The Hall–Kier alpha value is -2.12. The Kier molecular flexibility index (Phi) is 4.58. The Balaban J connectivity index is 1.34. The number of ether oxygens (including phenoxy) is 1. The number of benzene rings is 1. The lowest BCUT2D eigenvalue weighted by atomic mass is 9.97. The van der Waals surface area contributed by atoms with Crippen LogP contribution in [0.1, 0.15) is 23.2 Å². The Labute approximate surface area is 153 Å². The molecule has 1 aromatic rings. The highest BCUT2D eigenvalue weighted by atomic mass is 16.5. The van der Waals surface area contributed by atoms with Gasteiger partial charge in [-0.2, -0.15) is 0 Å². The third-order valence-electron chi connectivity index (χ3n) is 5.66. The largest absolute Gasteiger partial charge is 0.467 e. The molecule has 140 valence electrons. The van der Waals surface area contributed by atoms with E-state index in [2.05, 4.69) is 22.2 Å². The molecule has 3 heterocycles. The van der Waals surface area contributed by atoms with Crippen molar-refractivity contribution in [1.82, 2.24) is 20.0 Å². The smallest absolute Gasteiger partial charge is 0.258 e. The summed E-state index contributed by atoms with van der Waals surface area (Å²) in [5, 5.41) is 3.02. The Morgan fingerprint density at radius 3 is 2.54 bits per heavy atom. The van der Waals surface area contributed by atoms with Crippen LogP contribution in [0.25, 0.3) is 0 Å². The molecule has 7 heteroatoms. The van der Waals surface area contributed by atoms with Gasteiger partial charge < -0.3 is 19.9 Å². The monoisotopic (exact) mass is 358 g/mol. The molecule has 7 nitrogen and oxygen atoms in total. The van der Waals surface area contributed by atoms with Crippen LogP contribution < -0.4 is 10.1 Å². The summed E-state index contributed by atoms with van der Waals surface area (Å²) in [5.74, 6) is 0.712. The summed E-state index contributed by atoms with van der Waals surface area (Å²) >= 11 is 0. The maximum atomic E-state index is 12.6. The molecule has 26 heavy (non-hydrogen) atoms. The Morgan fingerprint density at radius 2 is 1.81 bits per heavy atom. The van der Waals surface area contributed by atoms with Gasteiger partial charge in [-0.25, -0.2) is 0 Å². The number of nitrogens with one attached hydrogen (secondary N) is 1. The minimum absolute atomic E-state index is 0.0935. The second-order valence-corrected chi connectivity index (χ2v) is 7.51. The van der Waals surface area contributed by atoms with Crippen molar-refractivity contribution in [2.24, 2.45) is 0 Å². The number of hydrogen-bond acceptors (Lipinski definition) is 5. The third-order valence-corrected chi connectivity index (χ3v) is 5.66. The van der Waals surface area contributed by atoms with E-state index < -0.39 is 5.72 Å². The maximum Gasteiger partial charge on any atom is 0.258 e. The molecule has 1 spiro atoms. The highest BCUT2D eigenvalue weighted by Crippen LogP contribution is 2.33. The summed E-state index contributed by atoms with van der Waals surface area (Å²) in [6.45, 7) is 5.60. The highest BCUT2D eigenvalue weighted by Gasteiger charge is 2.43. The average Bonchev–Trinajstić information content (AvgIpc) is 2.64. The first-order chi connectivity index (χ1) is 12.5. The molecule has 4 rings (SSSR count). The van der Waals surface area contributed by atoms with Crippen molar-refractivity contribution in [3.05, 3.63) is 29.8 Å². The molecule has 0 atom stereocenters. The number of nitrogens with zero attached hydrogens (tertiary/aromatic N) is 3. The molecule has 0 aromatic heterocycles. The zero-order chi connectivity index (χ0) is 18.1. The molecule has 2 amide bonds.